The molecule has 17 heavy (non-hydrogen) atoms. The van der Waals surface area contributed by atoms with Crippen LogP contribution in [0.4, 0.5) is 0 Å². The zero-order valence-corrected chi connectivity index (χ0v) is 9.93. The van der Waals surface area contributed by atoms with Crippen molar-refractivity contribution in [1.29, 1.82) is 0 Å². The minimum atomic E-state index is -1.15. The molecule has 1 unspecified atom stereocenters. The van der Waals surface area contributed by atoms with E-state index in [1.807, 2.05) is 0 Å². The van der Waals surface area contributed by atoms with Gasteiger partial charge in [-0.15, -0.1) is 0 Å². The topological polar surface area (TPSA) is 71.3 Å². The summed E-state index contributed by atoms with van der Waals surface area (Å²) in [5, 5.41) is 11.9. The highest BCUT2D eigenvalue weighted by Gasteiger charge is 2.48. The Morgan fingerprint density at radius 2 is 2.18 bits per heavy atom. The molecule has 5 nitrogen and oxygen atoms in total. The second-order valence-electron chi connectivity index (χ2n) is 4.74. The highest BCUT2D eigenvalue weighted by Crippen LogP contribution is 2.39. The summed E-state index contributed by atoms with van der Waals surface area (Å²) in [5.41, 5.74) is -0.681. The SMILES string of the molecule is Cn1cccc1C(=O)NC(C)(C(=O)O)C1CC1. The number of hydrogen-bond acceptors (Lipinski definition) is 2. The number of carboxylic acids is 1. The molecule has 2 N–H and O–H groups in total. The summed E-state index contributed by atoms with van der Waals surface area (Å²) in [5.74, 6) is -1.26. The molecule has 92 valence electrons. The Hall–Kier alpha value is -1.78. The van der Waals surface area contributed by atoms with Crippen molar-refractivity contribution >= 4 is 11.9 Å². The number of hydrogen-bond donors (Lipinski definition) is 2. The fraction of sp³-hybridized carbons (Fsp3) is 0.500. The third-order valence-corrected chi connectivity index (χ3v) is 3.39. The van der Waals surface area contributed by atoms with Crippen molar-refractivity contribution in [1.82, 2.24) is 9.88 Å². The molecule has 1 heterocycles. The molecule has 1 aromatic heterocycles. The van der Waals surface area contributed by atoms with Crippen LogP contribution >= 0.6 is 0 Å². The molecular formula is C12H16N2O3. The van der Waals surface area contributed by atoms with Gasteiger partial charge < -0.3 is 15.0 Å². The zero-order chi connectivity index (χ0) is 12.6. The fourth-order valence-corrected chi connectivity index (χ4v) is 1.99. The van der Waals surface area contributed by atoms with E-state index in [1.54, 1.807) is 36.9 Å². The maximum absolute atomic E-state index is 12.0. The summed E-state index contributed by atoms with van der Waals surface area (Å²) in [4.78, 5) is 23.3. The Kier molecular flexibility index (Phi) is 2.69. The van der Waals surface area contributed by atoms with Crippen molar-refractivity contribution in [2.45, 2.75) is 25.3 Å². The van der Waals surface area contributed by atoms with E-state index in [-0.39, 0.29) is 11.8 Å². The van der Waals surface area contributed by atoms with E-state index in [0.29, 0.717) is 5.69 Å². The van der Waals surface area contributed by atoms with Gasteiger partial charge in [0, 0.05) is 13.2 Å². The minimum absolute atomic E-state index is 0.0456. The number of aromatic nitrogens is 1. The lowest BCUT2D eigenvalue weighted by molar-refractivity contribution is -0.144. The van der Waals surface area contributed by atoms with E-state index in [9.17, 15) is 14.7 Å². The number of rotatable bonds is 4. The predicted octanol–water partition coefficient (Wildman–Crippen LogP) is 1.01. The second-order valence-corrected chi connectivity index (χ2v) is 4.74. The van der Waals surface area contributed by atoms with E-state index >= 15 is 0 Å². The molecule has 0 bridgehead atoms. The first kappa shape index (κ1) is 11.7. The smallest absolute Gasteiger partial charge is 0.329 e. The molecule has 1 saturated carbocycles. The molecular weight excluding hydrogens is 220 g/mol. The monoisotopic (exact) mass is 236 g/mol. The highest BCUT2D eigenvalue weighted by atomic mass is 16.4. The van der Waals surface area contributed by atoms with E-state index < -0.39 is 11.5 Å². The van der Waals surface area contributed by atoms with Gasteiger partial charge in [0.15, 0.2) is 0 Å². The summed E-state index contributed by atoms with van der Waals surface area (Å²) in [6.45, 7) is 1.58. The van der Waals surface area contributed by atoms with Gasteiger partial charge in [0.2, 0.25) is 0 Å². The van der Waals surface area contributed by atoms with Gasteiger partial charge in [0.05, 0.1) is 0 Å². The maximum Gasteiger partial charge on any atom is 0.329 e. The number of carboxylic acid groups (broad SMARTS) is 1. The Morgan fingerprint density at radius 1 is 1.53 bits per heavy atom. The van der Waals surface area contributed by atoms with Crippen LogP contribution in [-0.2, 0) is 11.8 Å². The summed E-state index contributed by atoms with van der Waals surface area (Å²) >= 11 is 0. The molecule has 5 heteroatoms. The van der Waals surface area contributed by atoms with Crippen LogP contribution in [-0.4, -0.2) is 27.1 Å². The molecule has 1 atom stereocenters. The van der Waals surface area contributed by atoms with Gasteiger partial charge in [-0.25, -0.2) is 4.79 Å². The number of amides is 1. The molecule has 1 fully saturated rings. The highest BCUT2D eigenvalue weighted by molar-refractivity contribution is 5.96. The Morgan fingerprint density at radius 3 is 2.59 bits per heavy atom. The van der Waals surface area contributed by atoms with Crippen molar-refractivity contribution in [3.05, 3.63) is 24.0 Å². The number of aliphatic carboxylic acids is 1. The van der Waals surface area contributed by atoms with Crippen molar-refractivity contribution in [2.75, 3.05) is 0 Å². The maximum atomic E-state index is 12.0. The van der Waals surface area contributed by atoms with Crippen LogP contribution in [0.1, 0.15) is 30.3 Å². The van der Waals surface area contributed by atoms with Crippen LogP contribution in [0.3, 0.4) is 0 Å². The van der Waals surface area contributed by atoms with Crippen molar-refractivity contribution in [3.8, 4) is 0 Å². The largest absolute Gasteiger partial charge is 0.480 e. The summed E-state index contributed by atoms with van der Waals surface area (Å²) in [6, 6.07) is 3.43. The van der Waals surface area contributed by atoms with Gasteiger partial charge in [-0.1, -0.05) is 0 Å². The Balaban J connectivity index is 2.17. The average Bonchev–Trinajstić information content (AvgIpc) is 3.01. The molecule has 0 radical (unpaired) electrons. The first-order valence-electron chi connectivity index (χ1n) is 5.62. The number of nitrogens with zero attached hydrogens (tertiary/aromatic N) is 1. The fourth-order valence-electron chi connectivity index (χ4n) is 1.99. The molecule has 2 rings (SSSR count). The number of carbonyl (C=O) groups is 2. The standard InChI is InChI=1S/C12H16N2O3/c1-12(11(16)17,8-5-6-8)13-10(15)9-4-3-7-14(9)2/h3-4,7-8H,5-6H2,1-2H3,(H,13,15)(H,16,17). The molecule has 1 aliphatic carbocycles. The lowest BCUT2D eigenvalue weighted by Crippen LogP contribution is -2.54. The van der Waals surface area contributed by atoms with Crippen LogP contribution in [0.2, 0.25) is 0 Å². The first-order chi connectivity index (χ1) is 7.95. The zero-order valence-electron chi connectivity index (χ0n) is 9.93. The van der Waals surface area contributed by atoms with Gasteiger partial charge in [0.25, 0.3) is 5.91 Å². The number of nitrogens with one attached hydrogen (secondary N) is 1. The molecule has 0 aliphatic heterocycles. The van der Waals surface area contributed by atoms with Crippen LogP contribution in [0.15, 0.2) is 18.3 Å². The van der Waals surface area contributed by atoms with Crippen LogP contribution in [0, 0.1) is 5.92 Å². The lowest BCUT2D eigenvalue weighted by atomic mass is 9.96. The third kappa shape index (κ3) is 2.05. The van der Waals surface area contributed by atoms with Gasteiger partial charge in [-0.05, 0) is 37.8 Å². The first-order valence-corrected chi connectivity index (χ1v) is 5.62. The van der Waals surface area contributed by atoms with Gasteiger partial charge in [0.1, 0.15) is 11.2 Å². The van der Waals surface area contributed by atoms with Crippen LogP contribution < -0.4 is 5.32 Å². The Bertz CT molecular complexity index is 462. The van der Waals surface area contributed by atoms with E-state index in [0.717, 1.165) is 12.8 Å². The molecule has 0 aromatic carbocycles. The minimum Gasteiger partial charge on any atom is -0.480 e. The number of aryl methyl sites for hydroxylation is 1. The van der Waals surface area contributed by atoms with Crippen molar-refractivity contribution in [2.24, 2.45) is 13.0 Å². The van der Waals surface area contributed by atoms with Crippen molar-refractivity contribution < 1.29 is 14.7 Å². The summed E-state index contributed by atoms with van der Waals surface area (Å²) in [7, 11) is 1.75. The Labute approximate surface area is 99.4 Å². The van der Waals surface area contributed by atoms with Crippen LogP contribution in [0.25, 0.3) is 0 Å². The van der Waals surface area contributed by atoms with Gasteiger partial charge in [-0.3, -0.25) is 4.79 Å². The third-order valence-electron chi connectivity index (χ3n) is 3.39. The summed E-state index contributed by atoms with van der Waals surface area (Å²) < 4.78 is 1.67. The molecule has 1 aromatic rings. The van der Waals surface area contributed by atoms with Gasteiger partial charge >= 0.3 is 5.97 Å². The number of carbonyl (C=O) groups excluding carboxylic acids is 1. The average molecular weight is 236 g/mol. The molecule has 1 amide bonds. The van der Waals surface area contributed by atoms with Crippen LogP contribution in [0.5, 0.6) is 0 Å². The van der Waals surface area contributed by atoms with Gasteiger partial charge in [-0.2, -0.15) is 0 Å². The second kappa shape index (κ2) is 3.91. The van der Waals surface area contributed by atoms with E-state index in [1.165, 1.54) is 0 Å². The normalized spacial score (nSPS) is 18.5. The van der Waals surface area contributed by atoms with Crippen molar-refractivity contribution in [3.63, 3.8) is 0 Å². The predicted molar refractivity (Wildman–Crippen MR) is 61.6 cm³/mol. The molecule has 0 saturated heterocycles. The summed E-state index contributed by atoms with van der Waals surface area (Å²) in [6.07, 6.45) is 3.47. The van der Waals surface area contributed by atoms with E-state index in [2.05, 4.69) is 5.32 Å². The lowest BCUT2D eigenvalue weighted by Gasteiger charge is -2.26. The molecule has 0 spiro atoms. The molecule has 1 aliphatic rings. The van der Waals surface area contributed by atoms with E-state index in [4.69, 9.17) is 0 Å². The quantitative estimate of drug-likeness (QED) is 0.819.